The Balaban J connectivity index is 2.69. The van der Waals surface area contributed by atoms with Crippen molar-refractivity contribution in [2.45, 2.75) is 26.2 Å². The maximum Gasteiger partial charge on any atom is 0.224 e. The molecule has 1 amide bonds. The van der Waals surface area contributed by atoms with Gasteiger partial charge >= 0.3 is 0 Å². The van der Waals surface area contributed by atoms with Crippen LogP contribution in [0.15, 0.2) is 28.7 Å². The molecule has 1 unspecified atom stereocenters. The lowest BCUT2D eigenvalue weighted by molar-refractivity contribution is -0.119. The zero-order chi connectivity index (χ0) is 11.7. The minimum absolute atomic E-state index is 0.307. The van der Waals surface area contributed by atoms with Crippen LogP contribution in [0.25, 0.3) is 11.0 Å². The predicted octanol–water partition coefficient (Wildman–Crippen LogP) is 2.58. The first-order chi connectivity index (χ1) is 7.65. The van der Waals surface area contributed by atoms with Gasteiger partial charge in [-0.15, -0.1) is 0 Å². The highest BCUT2D eigenvalue weighted by Crippen LogP contribution is 2.32. The summed E-state index contributed by atoms with van der Waals surface area (Å²) >= 11 is 0. The molecule has 2 rings (SSSR count). The van der Waals surface area contributed by atoms with Crippen LogP contribution in [0, 0.1) is 0 Å². The van der Waals surface area contributed by atoms with Gasteiger partial charge in [-0.05, 0) is 13.0 Å². The van der Waals surface area contributed by atoms with E-state index in [9.17, 15) is 4.79 Å². The van der Waals surface area contributed by atoms with Crippen LogP contribution in [0.3, 0.4) is 0 Å². The maximum absolute atomic E-state index is 11.3. The standard InChI is InChI=1S/C13H15NO2/c1-3-10-12(8(2)13(14)15)9-6-4-5-7-11(9)16-10/h4-8H,3H2,1-2H3,(H2,14,15). The first-order valence-electron chi connectivity index (χ1n) is 5.44. The van der Waals surface area contributed by atoms with Gasteiger partial charge in [0.1, 0.15) is 11.3 Å². The van der Waals surface area contributed by atoms with Gasteiger partial charge in [0.25, 0.3) is 0 Å². The first kappa shape index (κ1) is 10.7. The third kappa shape index (κ3) is 1.58. The molecular formula is C13H15NO2. The van der Waals surface area contributed by atoms with Gasteiger partial charge in [0.2, 0.25) is 5.91 Å². The lowest BCUT2D eigenvalue weighted by atomic mass is 9.96. The van der Waals surface area contributed by atoms with E-state index in [0.29, 0.717) is 0 Å². The van der Waals surface area contributed by atoms with E-state index in [1.165, 1.54) is 0 Å². The molecule has 1 aromatic carbocycles. The molecule has 0 spiro atoms. The Labute approximate surface area is 94.2 Å². The van der Waals surface area contributed by atoms with Gasteiger partial charge in [0, 0.05) is 17.4 Å². The van der Waals surface area contributed by atoms with Crippen molar-refractivity contribution >= 4 is 16.9 Å². The third-order valence-corrected chi connectivity index (χ3v) is 2.89. The number of furan rings is 1. The highest BCUT2D eigenvalue weighted by molar-refractivity contribution is 5.90. The zero-order valence-electron chi connectivity index (χ0n) is 9.49. The normalized spacial score (nSPS) is 12.9. The molecule has 0 bridgehead atoms. The van der Waals surface area contributed by atoms with Crippen molar-refractivity contribution in [1.29, 1.82) is 0 Å². The predicted molar refractivity (Wildman–Crippen MR) is 63.2 cm³/mol. The number of benzene rings is 1. The van der Waals surface area contributed by atoms with Gasteiger partial charge in [0.15, 0.2) is 0 Å². The van der Waals surface area contributed by atoms with Gasteiger partial charge in [-0.25, -0.2) is 0 Å². The SMILES string of the molecule is CCc1oc2ccccc2c1C(C)C(N)=O. The fraction of sp³-hybridized carbons (Fsp3) is 0.308. The molecule has 84 valence electrons. The minimum atomic E-state index is -0.318. The molecule has 2 aromatic rings. The summed E-state index contributed by atoms with van der Waals surface area (Å²) in [6.45, 7) is 3.83. The van der Waals surface area contributed by atoms with E-state index in [1.54, 1.807) is 0 Å². The zero-order valence-corrected chi connectivity index (χ0v) is 9.49. The molecule has 0 fully saturated rings. The van der Waals surface area contributed by atoms with E-state index < -0.39 is 0 Å². The number of nitrogens with two attached hydrogens (primary N) is 1. The fourth-order valence-corrected chi connectivity index (χ4v) is 2.00. The summed E-state index contributed by atoms with van der Waals surface area (Å²) in [5.41, 5.74) is 7.12. The Bertz CT molecular complexity index is 528. The molecule has 0 saturated heterocycles. The Morgan fingerprint density at radius 2 is 2.12 bits per heavy atom. The smallest absolute Gasteiger partial charge is 0.224 e. The van der Waals surface area contributed by atoms with E-state index in [-0.39, 0.29) is 11.8 Å². The molecule has 1 heterocycles. The molecule has 2 N–H and O–H groups in total. The Hall–Kier alpha value is -1.77. The monoisotopic (exact) mass is 217 g/mol. The van der Waals surface area contributed by atoms with Gasteiger partial charge < -0.3 is 10.2 Å². The van der Waals surface area contributed by atoms with Crippen molar-refractivity contribution in [3.63, 3.8) is 0 Å². The van der Waals surface area contributed by atoms with Crippen LogP contribution in [-0.4, -0.2) is 5.91 Å². The van der Waals surface area contributed by atoms with Crippen molar-refractivity contribution in [3.8, 4) is 0 Å². The van der Waals surface area contributed by atoms with E-state index in [1.807, 2.05) is 38.1 Å². The highest BCUT2D eigenvalue weighted by Gasteiger charge is 2.21. The number of carbonyl (C=O) groups excluding carboxylic acids is 1. The van der Waals surface area contributed by atoms with Crippen LogP contribution in [-0.2, 0) is 11.2 Å². The fourth-order valence-electron chi connectivity index (χ4n) is 2.00. The minimum Gasteiger partial charge on any atom is -0.461 e. The van der Waals surface area contributed by atoms with E-state index in [4.69, 9.17) is 10.2 Å². The Kier molecular flexibility index (Phi) is 2.69. The van der Waals surface area contributed by atoms with Gasteiger partial charge in [-0.3, -0.25) is 4.79 Å². The molecule has 1 atom stereocenters. The van der Waals surface area contributed by atoms with Crippen LogP contribution >= 0.6 is 0 Å². The van der Waals surface area contributed by atoms with E-state index >= 15 is 0 Å². The van der Waals surface area contributed by atoms with Crippen LogP contribution in [0.4, 0.5) is 0 Å². The largest absolute Gasteiger partial charge is 0.461 e. The summed E-state index contributed by atoms with van der Waals surface area (Å²) < 4.78 is 5.71. The molecule has 1 aromatic heterocycles. The summed E-state index contributed by atoms with van der Waals surface area (Å²) in [4.78, 5) is 11.3. The summed E-state index contributed by atoms with van der Waals surface area (Å²) in [5.74, 6) is 0.229. The number of aryl methyl sites for hydroxylation is 1. The van der Waals surface area contributed by atoms with E-state index in [2.05, 4.69) is 0 Å². The number of fused-ring (bicyclic) bond motifs is 1. The van der Waals surface area contributed by atoms with Gasteiger partial charge in [-0.1, -0.05) is 25.1 Å². The van der Waals surface area contributed by atoms with Crippen molar-refractivity contribution in [2.75, 3.05) is 0 Å². The average molecular weight is 217 g/mol. The molecule has 16 heavy (non-hydrogen) atoms. The van der Waals surface area contributed by atoms with Crippen molar-refractivity contribution in [1.82, 2.24) is 0 Å². The summed E-state index contributed by atoms with van der Waals surface area (Å²) in [6.07, 6.45) is 0.766. The molecular weight excluding hydrogens is 202 g/mol. The second-order valence-corrected chi connectivity index (χ2v) is 3.91. The van der Waals surface area contributed by atoms with Crippen LogP contribution in [0.5, 0.6) is 0 Å². The molecule has 0 aliphatic heterocycles. The average Bonchev–Trinajstić information content (AvgIpc) is 2.66. The number of rotatable bonds is 3. The van der Waals surface area contributed by atoms with Gasteiger partial charge in [0.05, 0.1) is 5.92 Å². The van der Waals surface area contributed by atoms with Crippen LogP contribution < -0.4 is 5.73 Å². The number of carbonyl (C=O) groups is 1. The molecule has 0 saturated carbocycles. The topological polar surface area (TPSA) is 56.2 Å². The van der Waals surface area contributed by atoms with Crippen LogP contribution in [0.2, 0.25) is 0 Å². The summed E-state index contributed by atoms with van der Waals surface area (Å²) in [5, 5.41) is 0.991. The van der Waals surface area contributed by atoms with E-state index in [0.717, 1.165) is 28.7 Å². The molecule has 3 heteroatoms. The van der Waals surface area contributed by atoms with Crippen molar-refractivity contribution < 1.29 is 9.21 Å². The Morgan fingerprint density at radius 3 is 2.75 bits per heavy atom. The second kappa shape index (κ2) is 4.00. The second-order valence-electron chi connectivity index (χ2n) is 3.91. The number of amides is 1. The molecule has 0 radical (unpaired) electrons. The van der Waals surface area contributed by atoms with Crippen molar-refractivity contribution in [2.24, 2.45) is 5.73 Å². The molecule has 0 aliphatic carbocycles. The maximum atomic E-state index is 11.3. The molecule has 0 aliphatic rings. The first-order valence-corrected chi connectivity index (χ1v) is 5.44. The number of primary amides is 1. The molecule has 3 nitrogen and oxygen atoms in total. The van der Waals surface area contributed by atoms with Crippen molar-refractivity contribution in [3.05, 3.63) is 35.6 Å². The van der Waals surface area contributed by atoms with Crippen LogP contribution in [0.1, 0.15) is 31.1 Å². The number of hydrogen-bond donors (Lipinski definition) is 1. The highest BCUT2D eigenvalue weighted by atomic mass is 16.3. The quantitative estimate of drug-likeness (QED) is 0.859. The third-order valence-electron chi connectivity index (χ3n) is 2.89. The summed E-state index contributed by atoms with van der Waals surface area (Å²) in [6, 6.07) is 7.73. The lowest BCUT2D eigenvalue weighted by Gasteiger charge is -2.07. The summed E-state index contributed by atoms with van der Waals surface area (Å²) in [7, 11) is 0. The number of para-hydroxylation sites is 1. The van der Waals surface area contributed by atoms with Gasteiger partial charge in [-0.2, -0.15) is 0 Å². The lowest BCUT2D eigenvalue weighted by Crippen LogP contribution is -2.19. The number of hydrogen-bond acceptors (Lipinski definition) is 2. The Morgan fingerprint density at radius 1 is 1.44 bits per heavy atom.